The number of anilines is 1. The number of amides is 1. The molecular formula is C23H20ClNO3S2. The van der Waals surface area contributed by atoms with Crippen LogP contribution in [0.1, 0.15) is 10.1 Å². The minimum atomic E-state index is -0.218. The highest BCUT2D eigenvalue weighted by atomic mass is 35.5. The molecule has 0 bridgehead atoms. The normalized spacial score (nSPS) is 13.8. The van der Waals surface area contributed by atoms with E-state index < -0.39 is 0 Å². The van der Waals surface area contributed by atoms with E-state index in [0.29, 0.717) is 32.5 Å². The zero-order valence-corrected chi connectivity index (χ0v) is 18.4. The van der Waals surface area contributed by atoms with Crippen LogP contribution in [0.2, 0.25) is 5.02 Å². The molecule has 1 fully saturated rings. The first-order valence-electron chi connectivity index (χ1n) is 9.45. The fourth-order valence-corrected chi connectivity index (χ4v) is 5.93. The van der Waals surface area contributed by atoms with Gasteiger partial charge in [0.1, 0.15) is 17.2 Å². The van der Waals surface area contributed by atoms with Gasteiger partial charge in [0.2, 0.25) is 0 Å². The van der Waals surface area contributed by atoms with Crippen molar-refractivity contribution >= 4 is 46.7 Å². The van der Waals surface area contributed by atoms with Crippen molar-refractivity contribution in [1.29, 1.82) is 0 Å². The van der Waals surface area contributed by atoms with Crippen LogP contribution >= 0.6 is 35.1 Å². The Morgan fingerprint density at radius 1 is 0.933 bits per heavy atom. The fraction of sp³-hybridized carbons (Fsp3) is 0.174. The number of benzene rings is 3. The average Bonchev–Trinajstić information content (AvgIpc) is 3.29. The van der Waals surface area contributed by atoms with Crippen molar-refractivity contribution in [3.63, 3.8) is 0 Å². The number of thioether (sulfide) groups is 2. The summed E-state index contributed by atoms with van der Waals surface area (Å²) in [6.45, 7) is -0.0486. The molecule has 1 aliphatic rings. The number of hydrogen-bond acceptors (Lipinski definition) is 5. The highest BCUT2D eigenvalue weighted by Gasteiger charge is 2.18. The molecule has 1 aliphatic heterocycles. The van der Waals surface area contributed by atoms with E-state index in [9.17, 15) is 4.79 Å². The number of ether oxygens (including phenoxy) is 2. The van der Waals surface area contributed by atoms with Crippen molar-refractivity contribution in [2.75, 3.05) is 23.4 Å². The van der Waals surface area contributed by atoms with Gasteiger partial charge in [-0.2, -0.15) is 0 Å². The van der Waals surface area contributed by atoms with Crippen molar-refractivity contribution in [1.82, 2.24) is 0 Å². The zero-order valence-electron chi connectivity index (χ0n) is 16.0. The summed E-state index contributed by atoms with van der Waals surface area (Å²) < 4.78 is 11.9. The van der Waals surface area contributed by atoms with Crippen LogP contribution in [0.25, 0.3) is 0 Å². The van der Waals surface area contributed by atoms with Gasteiger partial charge in [-0.3, -0.25) is 4.79 Å². The van der Waals surface area contributed by atoms with Gasteiger partial charge in [0.25, 0.3) is 5.91 Å². The van der Waals surface area contributed by atoms with Gasteiger partial charge < -0.3 is 14.8 Å². The summed E-state index contributed by atoms with van der Waals surface area (Å²) in [4.78, 5) is 12.2. The Kier molecular flexibility index (Phi) is 7.10. The predicted molar refractivity (Wildman–Crippen MR) is 126 cm³/mol. The molecule has 7 heteroatoms. The van der Waals surface area contributed by atoms with Crippen molar-refractivity contribution in [3.05, 3.63) is 83.4 Å². The van der Waals surface area contributed by atoms with E-state index in [2.05, 4.69) is 17.4 Å². The molecule has 0 aromatic heterocycles. The first kappa shape index (κ1) is 21.0. The Balaban J connectivity index is 1.25. The number of hydrogen-bond donors (Lipinski definition) is 1. The SMILES string of the molecule is O=C(COc1ccc(C2SCCS2)cc1)Nc1ccc(Oc2cccc(Cl)c2)cc1. The lowest BCUT2D eigenvalue weighted by Crippen LogP contribution is -2.20. The van der Waals surface area contributed by atoms with E-state index in [1.54, 1.807) is 36.4 Å². The molecule has 0 spiro atoms. The van der Waals surface area contributed by atoms with E-state index in [0.717, 1.165) is 0 Å². The van der Waals surface area contributed by atoms with Gasteiger partial charge in [0.05, 0.1) is 4.58 Å². The summed E-state index contributed by atoms with van der Waals surface area (Å²) in [6.07, 6.45) is 0. The van der Waals surface area contributed by atoms with Crippen LogP contribution in [0.15, 0.2) is 72.8 Å². The molecule has 154 valence electrons. The van der Waals surface area contributed by atoms with Gasteiger partial charge in [-0.1, -0.05) is 29.8 Å². The molecule has 0 radical (unpaired) electrons. The number of carbonyl (C=O) groups is 1. The van der Waals surface area contributed by atoms with Crippen LogP contribution in [0.4, 0.5) is 5.69 Å². The Labute approximate surface area is 189 Å². The average molecular weight is 458 g/mol. The molecule has 3 aromatic rings. The predicted octanol–water partition coefficient (Wildman–Crippen LogP) is 6.63. The van der Waals surface area contributed by atoms with E-state index in [1.165, 1.54) is 17.1 Å². The van der Waals surface area contributed by atoms with Crippen LogP contribution < -0.4 is 14.8 Å². The molecule has 1 saturated heterocycles. The molecular weight excluding hydrogens is 438 g/mol. The van der Waals surface area contributed by atoms with Crippen LogP contribution in [0, 0.1) is 0 Å². The summed E-state index contributed by atoms with van der Waals surface area (Å²) in [5.41, 5.74) is 1.96. The summed E-state index contributed by atoms with van der Waals surface area (Å²) in [5, 5.41) is 3.43. The first-order chi connectivity index (χ1) is 14.7. The molecule has 4 rings (SSSR count). The Morgan fingerprint density at radius 3 is 2.33 bits per heavy atom. The molecule has 4 nitrogen and oxygen atoms in total. The number of nitrogens with one attached hydrogen (secondary N) is 1. The number of carbonyl (C=O) groups excluding carboxylic acids is 1. The molecule has 0 saturated carbocycles. The van der Waals surface area contributed by atoms with Crippen LogP contribution in [-0.2, 0) is 4.79 Å². The standard InChI is InChI=1S/C23H20ClNO3S2/c24-17-2-1-3-21(14-17)28-20-10-6-18(7-11-20)25-22(26)15-27-19-8-4-16(5-9-19)23-29-12-13-30-23/h1-11,14,23H,12-13,15H2,(H,25,26). The Morgan fingerprint density at radius 2 is 1.63 bits per heavy atom. The highest BCUT2D eigenvalue weighted by molar-refractivity contribution is 8.19. The summed E-state index contributed by atoms with van der Waals surface area (Å²) in [7, 11) is 0. The maximum absolute atomic E-state index is 12.2. The molecule has 0 atom stereocenters. The van der Waals surface area contributed by atoms with E-state index in [1.807, 2.05) is 47.8 Å². The van der Waals surface area contributed by atoms with Gasteiger partial charge in [-0.05, 0) is 60.2 Å². The topological polar surface area (TPSA) is 47.6 Å². The van der Waals surface area contributed by atoms with Crippen molar-refractivity contribution in [2.24, 2.45) is 0 Å². The minimum Gasteiger partial charge on any atom is -0.484 e. The second-order valence-corrected chi connectivity index (χ2v) is 9.72. The maximum Gasteiger partial charge on any atom is 0.262 e. The third-order valence-electron chi connectivity index (χ3n) is 4.31. The van der Waals surface area contributed by atoms with Crippen LogP contribution in [0.3, 0.4) is 0 Å². The maximum atomic E-state index is 12.2. The summed E-state index contributed by atoms with van der Waals surface area (Å²) in [6, 6.07) is 22.3. The zero-order chi connectivity index (χ0) is 20.8. The Hall–Kier alpha value is -2.28. The first-order valence-corrected chi connectivity index (χ1v) is 11.9. The van der Waals surface area contributed by atoms with Gasteiger partial charge in [0, 0.05) is 22.2 Å². The van der Waals surface area contributed by atoms with Gasteiger partial charge >= 0.3 is 0 Å². The quantitative estimate of drug-likeness (QED) is 0.431. The molecule has 0 unspecified atom stereocenters. The minimum absolute atomic E-state index is 0.0486. The lowest BCUT2D eigenvalue weighted by atomic mass is 10.2. The lowest BCUT2D eigenvalue weighted by Gasteiger charge is -2.11. The lowest BCUT2D eigenvalue weighted by molar-refractivity contribution is -0.118. The molecule has 1 heterocycles. The van der Waals surface area contributed by atoms with Crippen LogP contribution in [0.5, 0.6) is 17.2 Å². The summed E-state index contributed by atoms with van der Waals surface area (Å²) in [5.74, 6) is 4.17. The molecule has 1 amide bonds. The van der Waals surface area contributed by atoms with E-state index in [-0.39, 0.29) is 12.5 Å². The summed E-state index contributed by atoms with van der Waals surface area (Å²) >= 11 is 9.90. The van der Waals surface area contributed by atoms with Gasteiger partial charge in [-0.15, -0.1) is 23.5 Å². The Bertz CT molecular complexity index is 990. The molecule has 30 heavy (non-hydrogen) atoms. The smallest absolute Gasteiger partial charge is 0.262 e. The second-order valence-electron chi connectivity index (χ2n) is 6.56. The van der Waals surface area contributed by atoms with E-state index >= 15 is 0 Å². The molecule has 1 N–H and O–H groups in total. The molecule has 3 aromatic carbocycles. The molecule has 0 aliphatic carbocycles. The monoisotopic (exact) mass is 457 g/mol. The third kappa shape index (κ3) is 5.88. The van der Waals surface area contributed by atoms with Gasteiger partial charge in [-0.25, -0.2) is 0 Å². The third-order valence-corrected chi connectivity index (χ3v) is 7.65. The van der Waals surface area contributed by atoms with Crippen molar-refractivity contribution < 1.29 is 14.3 Å². The van der Waals surface area contributed by atoms with Crippen molar-refractivity contribution in [3.8, 4) is 17.2 Å². The fourth-order valence-electron chi connectivity index (χ4n) is 2.89. The van der Waals surface area contributed by atoms with E-state index in [4.69, 9.17) is 21.1 Å². The van der Waals surface area contributed by atoms with Gasteiger partial charge in [0.15, 0.2) is 6.61 Å². The highest BCUT2D eigenvalue weighted by Crippen LogP contribution is 2.45. The number of rotatable bonds is 7. The number of halogens is 1. The largest absolute Gasteiger partial charge is 0.484 e. The second kappa shape index (κ2) is 10.2. The van der Waals surface area contributed by atoms with Crippen molar-refractivity contribution in [2.45, 2.75) is 4.58 Å². The van der Waals surface area contributed by atoms with Crippen LogP contribution in [-0.4, -0.2) is 24.0 Å².